The number of anilines is 1. The van der Waals surface area contributed by atoms with E-state index in [-0.39, 0.29) is 24.0 Å². The lowest BCUT2D eigenvalue weighted by Gasteiger charge is -2.32. The number of nitrogens with two attached hydrogens (primary N) is 1. The molecule has 0 saturated carbocycles. The van der Waals surface area contributed by atoms with Crippen LogP contribution in [0.15, 0.2) is 29.3 Å². The van der Waals surface area contributed by atoms with E-state index in [9.17, 15) is 0 Å². The highest BCUT2D eigenvalue weighted by Gasteiger charge is 2.15. The van der Waals surface area contributed by atoms with Gasteiger partial charge in [0.15, 0.2) is 5.96 Å². The first-order chi connectivity index (χ1) is 10.6. The Hall–Kier alpha value is -0.980. The largest absolute Gasteiger partial charge is 0.372 e. The lowest BCUT2D eigenvalue weighted by Crippen LogP contribution is -2.37. The van der Waals surface area contributed by atoms with Gasteiger partial charge in [-0.05, 0) is 50.3 Å². The van der Waals surface area contributed by atoms with Gasteiger partial charge < -0.3 is 15.5 Å². The molecule has 1 heterocycles. The van der Waals surface area contributed by atoms with Gasteiger partial charge in [-0.15, -0.1) is 24.0 Å². The fraction of sp³-hybridized carbons (Fsp3) is 0.611. The van der Waals surface area contributed by atoms with Crippen LogP contribution in [0.2, 0.25) is 0 Å². The molecule has 2 N–H and O–H groups in total. The van der Waals surface area contributed by atoms with Crippen molar-refractivity contribution in [2.24, 2.45) is 16.6 Å². The van der Waals surface area contributed by atoms with Gasteiger partial charge in [0.2, 0.25) is 0 Å². The molecule has 0 radical (unpaired) electrons. The van der Waals surface area contributed by atoms with Crippen LogP contribution in [0.3, 0.4) is 0 Å². The minimum absolute atomic E-state index is 0. The fourth-order valence-electron chi connectivity index (χ4n) is 2.90. The van der Waals surface area contributed by atoms with Gasteiger partial charge in [-0.1, -0.05) is 19.1 Å². The molecule has 1 fully saturated rings. The van der Waals surface area contributed by atoms with E-state index in [4.69, 9.17) is 5.73 Å². The van der Waals surface area contributed by atoms with E-state index in [1.54, 1.807) is 0 Å². The predicted octanol–water partition coefficient (Wildman–Crippen LogP) is 3.70. The Bertz CT molecular complexity index is 474. The Morgan fingerprint density at radius 3 is 2.26 bits per heavy atom. The molecule has 1 aromatic carbocycles. The van der Waals surface area contributed by atoms with Gasteiger partial charge in [-0.3, -0.25) is 0 Å². The highest BCUT2D eigenvalue weighted by Crippen LogP contribution is 2.23. The van der Waals surface area contributed by atoms with Crippen LogP contribution in [0.5, 0.6) is 0 Å². The zero-order valence-corrected chi connectivity index (χ0v) is 17.0. The van der Waals surface area contributed by atoms with E-state index in [0.29, 0.717) is 12.5 Å². The van der Waals surface area contributed by atoms with Gasteiger partial charge in [0.1, 0.15) is 0 Å². The Labute approximate surface area is 158 Å². The first-order valence-corrected chi connectivity index (χ1v) is 8.52. The topological polar surface area (TPSA) is 44.9 Å². The molecule has 0 aliphatic carbocycles. The highest BCUT2D eigenvalue weighted by molar-refractivity contribution is 14.0. The summed E-state index contributed by atoms with van der Waals surface area (Å²) in [4.78, 5) is 9.05. The number of nitrogens with zero attached hydrogens (tertiary/aromatic N) is 3. The molecule has 1 aliphatic rings. The van der Waals surface area contributed by atoms with Crippen molar-refractivity contribution < 1.29 is 0 Å². The predicted molar refractivity (Wildman–Crippen MR) is 111 cm³/mol. The summed E-state index contributed by atoms with van der Waals surface area (Å²) < 4.78 is 0. The van der Waals surface area contributed by atoms with Crippen LogP contribution in [0, 0.1) is 5.92 Å². The summed E-state index contributed by atoms with van der Waals surface area (Å²) in [5.74, 6) is 1.51. The highest BCUT2D eigenvalue weighted by atomic mass is 127. The maximum Gasteiger partial charge on any atom is 0.191 e. The van der Waals surface area contributed by atoms with Crippen molar-refractivity contribution in [1.29, 1.82) is 0 Å². The summed E-state index contributed by atoms with van der Waals surface area (Å²) in [6.45, 7) is 11.3. The summed E-state index contributed by atoms with van der Waals surface area (Å²) in [7, 11) is 0. The molecule has 0 unspecified atom stereocenters. The molecular formula is C18H31IN4. The molecule has 23 heavy (non-hydrogen) atoms. The second kappa shape index (κ2) is 10.0. The number of guanidine groups is 1. The van der Waals surface area contributed by atoms with E-state index in [2.05, 4.69) is 59.8 Å². The molecule has 1 aliphatic heterocycles. The smallest absolute Gasteiger partial charge is 0.191 e. The lowest BCUT2D eigenvalue weighted by atomic mass is 9.99. The zero-order valence-electron chi connectivity index (χ0n) is 14.7. The second-order valence-corrected chi connectivity index (χ2v) is 6.18. The third-order valence-corrected chi connectivity index (χ3v) is 4.60. The molecular weight excluding hydrogens is 399 g/mol. The van der Waals surface area contributed by atoms with Crippen molar-refractivity contribution in [3.8, 4) is 0 Å². The van der Waals surface area contributed by atoms with E-state index < -0.39 is 0 Å². The average Bonchev–Trinajstić information content (AvgIpc) is 2.55. The maximum atomic E-state index is 6.01. The van der Waals surface area contributed by atoms with E-state index in [1.807, 2.05) is 0 Å². The first kappa shape index (κ1) is 20.1. The Morgan fingerprint density at radius 1 is 1.17 bits per heavy atom. The maximum absolute atomic E-state index is 6.01. The summed E-state index contributed by atoms with van der Waals surface area (Å²) in [6.07, 6.45) is 2.60. The number of piperidine rings is 1. The van der Waals surface area contributed by atoms with Gasteiger partial charge in [0, 0.05) is 31.9 Å². The van der Waals surface area contributed by atoms with Crippen LogP contribution in [0.4, 0.5) is 5.69 Å². The van der Waals surface area contributed by atoms with Crippen LogP contribution in [-0.2, 0) is 6.54 Å². The van der Waals surface area contributed by atoms with E-state index >= 15 is 0 Å². The summed E-state index contributed by atoms with van der Waals surface area (Å²) in [5, 5.41) is 0. The van der Waals surface area contributed by atoms with Gasteiger partial charge >= 0.3 is 0 Å². The van der Waals surface area contributed by atoms with Gasteiger partial charge in [-0.25, -0.2) is 4.99 Å². The van der Waals surface area contributed by atoms with E-state index in [0.717, 1.165) is 19.0 Å². The second-order valence-electron chi connectivity index (χ2n) is 6.18. The molecule has 1 saturated heterocycles. The molecule has 0 aromatic heterocycles. The quantitative estimate of drug-likeness (QED) is 0.440. The molecule has 0 spiro atoms. The molecule has 1 aromatic rings. The third-order valence-electron chi connectivity index (χ3n) is 4.60. The number of halogens is 1. The monoisotopic (exact) mass is 430 g/mol. The van der Waals surface area contributed by atoms with Crippen molar-refractivity contribution >= 4 is 35.6 Å². The van der Waals surface area contributed by atoms with Crippen molar-refractivity contribution in [1.82, 2.24) is 4.90 Å². The van der Waals surface area contributed by atoms with Crippen molar-refractivity contribution in [2.75, 3.05) is 31.1 Å². The molecule has 0 bridgehead atoms. The third kappa shape index (κ3) is 5.86. The SMILES string of the molecule is CCN(CC)C(N)=NCc1ccc(N2CCC(C)CC2)cc1.I. The zero-order chi connectivity index (χ0) is 15.9. The summed E-state index contributed by atoms with van der Waals surface area (Å²) in [6, 6.07) is 8.78. The Balaban J connectivity index is 0.00000264. The Morgan fingerprint density at radius 2 is 1.74 bits per heavy atom. The first-order valence-electron chi connectivity index (χ1n) is 8.52. The van der Waals surface area contributed by atoms with E-state index in [1.165, 1.54) is 37.2 Å². The van der Waals surface area contributed by atoms with Crippen LogP contribution in [0.1, 0.15) is 39.2 Å². The van der Waals surface area contributed by atoms with Crippen LogP contribution in [-0.4, -0.2) is 37.0 Å². The molecule has 5 heteroatoms. The number of hydrogen-bond acceptors (Lipinski definition) is 2. The average molecular weight is 430 g/mol. The molecule has 130 valence electrons. The normalized spacial score (nSPS) is 16.1. The minimum atomic E-state index is 0. The number of aliphatic imine (C=N–C) groups is 1. The molecule has 4 nitrogen and oxygen atoms in total. The summed E-state index contributed by atoms with van der Waals surface area (Å²) in [5.41, 5.74) is 8.56. The number of rotatable bonds is 5. The summed E-state index contributed by atoms with van der Waals surface area (Å²) >= 11 is 0. The van der Waals surface area contributed by atoms with Crippen LogP contribution in [0.25, 0.3) is 0 Å². The van der Waals surface area contributed by atoms with Crippen LogP contribution < -0.4 is 10.6 Å². The van der Waals surface area contributed by atoms with Gasteiger partial charge in [-0.2, -0.15) is 0 Å². The van der Waals surface area contributed by atoms with Crippen LogP contribution >= 0.6 is 24.0 Å². The molecule has 0 atom stereocenters. The van der Waals surface area contributed by atoms with Crippen molar-refractivity contribution in [3.63, 3.8) is 0 Å². The van der Waals surface area contributed by atoms with Crippen molar-refractivity contribution in [3.05, 3.63) is 29.8 Å². The number of benzene rings is 1. The van der Waals surface area contributed by atoms with Gasteiger partial charge in [0.05, 0.1) is 6.54 Å². The lowest BCUT2D eigenvalue weighted by molar-refractivity contribution is 0.438. The van der Waals surface area contributed by atoms with Gasteiger partial charge in [0.25, 0.3) is 0 Å². The van der Waals surface area contributed by atoms with Crippen molar-refractivity contribution in [2.45, 2.75) is 40.2 Å². The Kier molecular flexibility index (Phi) is 8.73. The fourth-order valence-corrected chi connectivity index (χ4v) is 2.90. The molecule has 2 rings (SSSR count). The standard InChI is InChI=1S/C18H30N4.HI/c1-4-21(5-2)18(19)20-14-16-6-8-17(9-7-16)22-12-10-15(3)11-13-22;/h6-9,15H,4-5,10-14H2,1-3H3,(H2,19,20);1H. The minimum Gasteiger partial charge on any atom is -0.372 e. The molecule has 0 amide bonds. The number of hydrogen-bond donors (Lipinski definition) is 1.